The van der Waals surface area contributed by atoms with Crippen molar-refractivity contribution in [2.75, 3.05) is 18.1 Å². The summed E-state index contributed by atoms with van der Waals surface area (Å²) in [7, 11) is 0. The number of nitrogens with two attached hydrogens (primary N) is 1. The highest BCUT2D eigenvalue weighted by molar-refractivity contribution is 7.99. The zero-order valence-electron chi connectivity index (χ0n) is 11.0. The second-order valence-electron chi connectivity index (χ2n) is 4.87. The number of hydrogen-bond donors (Lipinski definition) is 1. The van der Waals surface area contributed by atoms with Gasteiger partial charge in [-0.05, 0) is 36.2 Å². The van der Waals surface area contributed by atoms with E-state index in [0.29, 0.717) is 10.9 Å². The summed E-state index contributed by atoms with van der Waals surface area (Å²) < 4.78 is 5.69. The van der Waals surface area contributed by atoms with Crippen molar-refractivity contribution in [1.82, 2.24) is 0 Å². The number of ether oxygens (including phenoxy) is 1. The number of halogens is 1. The molecule has 0 saturated carbocycles. The monoisotopic (exact) mass is 305 g/mol. The van der Waals surface area contributed by atoms with Crippen LogP contribution in [0.1, 0.15) is 17.9 Å². The van der Waals surface area contributed by atoms with Crippen LogP contribution in [0.25, 0.3) is 0 Å². The molecule has 2 aromatic carbocycles. The fourth-order valence-corrected chi connectivity index (χ4v) is 3.73. The molecular weight excluding hydrogens is 290 g/mol. The molecule has 1 atom stereocenters. The molecule has 2 aromatic rings. The summed E-state index contributed by atoms with van der Waals surface area (Å²) in [5.74, 6) is 2.54. The molecule has 20 heavy (non-hydrogen) atoms. The Morgan fingerprint density at radius 2 is 2.10 bits per heavy atom. The first-order valence-corrected chi connectivity index (χ1v) is 8.00. The topological polar surface area (TPSA) is 35.2 Å². The van der Waals surface area contributed by atoms with Crippen LogP contribution in [0.15, 0.2) is 47.4 Å². The molecule has 1 aliphatic rings. The largest absolute Gasteiger partial charge is 0.493 e. The number of fused-ring (bicyclic) bond motifs is 1. The molecule has 0 saturated heterocycles. The molecular formula is C16H16ClNOS. The van der Waals surface area contributed by atoms with Gasteiger partial charge in [0.25, 0.3) is 0 Å². The van der Waals surface area contributed by atoms with E-state index in [1.54, 1.807) is 11.8 Å². The van der Waals surface area contributed by atoms with Gasteiger partial charge in [-0.1, -0.05) is 29.8 Å². The number of para-hydroxylation sites is 1. The molecule has 2 nitrogen and oxygen atoms in total. The molecule has 0 aromatic heterocycles. The lowest BCUT2D eigenvalue weighted by atomic mass is 9.95. The molecule has 2 N–H and O–H groups in total. The van der Waals surface area contributed by atoms with Crippen molar-refractivity contribution in [3.05, 3.63) is 53.1 Å². The quantitative estimate of drug-likeness (QED) is 0.666. The van der Waals surface area contributed by atoms with Crippen molar-refractivity contribution in [3.63, 3.8) is 0 Å². The van der Waals surface area contributed by atoms with Crippen LogP contribution in [-0.2, 0) is 0 Å². The zero-order valence-corrected chi connectivity index (χ0v) is 12.6. The lowest BCUT2D eigenvalue weighted by Crippen LogP contribution is -2.15. The van der Waals surface area contributed by atoms with E-state index in [9.17, 15) is 0 Å². The predicted octanol–water partition coefficient (Wildman–Crippen LogP) is 4.58. The predicted molar refractivity (Wildman–Crippen MR) is 85.9 cm³/mol. The Bertz CT molecular complexity index is 617. The molecule has 1 unspecified atom stereocenters. The Balaban J connectivity index is 1.73. The van der Waals surface area contributed by atoms with Crippen molar-refractivity contribution in [1.29, 1.82) is 0 Å². The lowest BCUT2D eigenvalue weighted by molar-refractivity contribution is 0.273. The average Bonchev–Trinajstić information content (AvgIpc) is 2.46. The first-order chi connectivity index (χ1) is 9.74. The van der Waals surface area contributed by atoms with Gasteiger partial charge in [0.15, 0.2) is 0 Å². The van der Waals surface area contributed by atoms with Gasteiger partial charge < -0.3 is 10.5 Å². The average molecular weight is 306 g/mol. The van der Waals surface area contributed by atoms with Gasteiger partial charge in [-0.15, -0.1) is 11.8 Å². The van der Waals surface area contributed by atoms with Gasteiger partial charge in [0.2, 0.25) is 0 Å². The molecule has 1 aliphatic heterocycles. The molecule has 104 valence electrons. The molecule has 0 radical (unpaired) electrons. The summed E-state index contributed by atoms with van der Waals surface area (Å²) in [6.45, 7) is 0.790. The second-order valence-corrected chi connectivity index (χ2v) is 6.36. The van der Waals surface area contributed by atoms with E-state index in [1.807, 2.05) is 30.3 Å². The number of hydrogen-bond acceptors (Lipinski definition) is 3. The molecule has 0 fully saturated rings. The summed E-state index contributed by atoms with van der Waals surface area (Å²) in [6, 6.07) is 14.0. The molecule has 0 bridgehead atoms. The summed E-state index contributed by atoms with van der Waals surface area (Å²) in [5, 5.41) is 0.684. The third-order valence-electron chi connectivity index (χ3n) is 3.49. The fraction of sp³-hybridized carbons (Fsp3) is 0.250. The highest BCUT2D eigenvalue weighted by Crippen LogP contribution is 2.38. The van der Waals surface area contributed by atoms with Crippen molar-refractivity contribution < 1.29 is 4.74 Å². The van der Waals surface area contributed by atoms with Crippen LogP contribution in [0.2, 0.25) is 5.02 Å². The van der Waals surface area contributed by atoms with Gasteiger partial charge in [-0.3, -0.25) is 0 Å². The van der Waals surface area contributed by atoms with Crippen molar-refractivity contribution >= 4 is 29.1 Å². The van der Waals surface area contributed by atoms with Gasteiger partial charge in [0, 0.05) is 27.3 Å². The van der Waals surface area contributed by atoms with Gasteiger partial charge in [0.05, 0.1) is 6.61 Å². The van der Waals surface area contributed by atoms with Gasteiger partial charge >= 0.3 is 0 Å². The van der Waals surface area contributed by atoms with Crippen molar-refractivity contribution in [3.8, 4) is 5.75 Å². The Morgan fingerprint density at radius 3 is 2.95 bits per heavy atom. The summed E-state index contributed by atoms with van der Waals surface area (Å²) in [6.07, 6.45) is 1.05. The second kappa shape index (κ2) is 5.98. The van der Waals surface area contributed by atoms with Crippen molar-refractivity contribution in [2.45, 2.75) is 17.2 Å². The molecule has 0 amide bonds. The Hall–Kier alpha value is -1.32. The number of rotatable bonds is 3. The minimum absolute atomic E-state index is 0.514. The maximum atomic E-state index is 6.00. The van der Waals surface area contributed by atoms with Crippen molar-refractivity contribution in [2.24, 2.45) is 0 Å². The maximum absolute atomic E-state index is 6.00. The normalized spacial score (nSPS) is 17.4. The zero-order chi connectivity index (χ0) is 13.9. The smallest absolute Gasteiger partial charge is 0.122 e. The highest BCUT2D eigenvalue weighted by atomic mass is 35.5. The molecule has 0 spiro atoms. The van der Waals surface area contributed by atoms with Gasteiger partial charge in [-0.2, -0.15) is 0 Å². The Morgan fingerprint density at radius 1 is 1.25 bits per heavy atom. The lowest BCUT2D eigenvalue weighted by Gasteiger charge is -2.25. The fourth-order valence-electron chi connectivity index (χ4n) is 2.43. The van der Waals surface area contributed by atoms with Crippen LogP contribution in [0.4, 0.5) is 5.69 Å². The molecule has 0 aliphatic carbocycles. The van der Waals surface area contributed by atoms with Crippen LogP contribution < -0.4 is 10.5 Å². The number of benzene rings is 2. The maximum Gasteiger partial charge on any atom is 0.122 e. The standard InChI is InChI=1S/C16H16ClNOS/c17-12-5-6-16(14(18)9-12)20-10-11-7-8-19-15-4-2-1-3-13(11)15/h1-6,9,11H,7-8,10,18H2. The SMILES string of the molecule is Nc1cc(Cl)ccc1SCC1CCOc2ccccc21. The summed E-state index contributed by atoms with van der Waals surface area (Å²) >= 11 is 7.71. The van der Waals surface area contributed by atoms with Crippen LogP contribution in [-0.4, -0.2) is 12.4 Å². The first kappa shape index (κ1) is 13.7. The molecule has 1 heterocycles. The number of thioether (sulfide) groups is 1. The van der Waals surface area contributed by atoms with E-state index < -0.39 is 0 Å². The van der Waals surface area contributed by atoms with Gasteiger partial charge in [0.1, 0.15) is 5.75 Å². The van der Waals surface area contributed by atoms with E-state index in [-0.39, 0.29) is 0 Å². The van der Waals surface area contributed by atoms with Crippen LogP contribution in [0.5, 0.6) is 5.75 Å². The number of nitrogen functional groups attached to an aromatic ring is 1. The summed E-state index contributed by atoms with van der Waals surface area (Å²) in [5.41, 5.74) is 8.06. The Labute approximate surface area is 128 Å². The molecule has 4 heteroatoms. The minimum atomic E-state index is 0.514. The first-order valence-electron chi connectivity index (χ1n) is 6.63. The van der Waals surface area contributed by atoms with E-state index >= 15 is 0 Å². The van der Waals surface area contributed by atoms with Crippen LogP contribution in [0, 0.1) is 0 Å². The van der Waals surface area contributed by atoms with Gasteiger partial charge in [-0.25, -0.2) is 0 Å². The third-order valence-corrected chi connectivity index (χ3v) is 4.98. The van der Waals surface area contributed by atoms with E-state index in [1.165, 1.54) is 5.56 Å². The highest BCUT2D eigenvalue weighted by Gasteiger charge is 2.21. The van der Waals surface area contributed by atoms with E-state index in [4.69, 9.17) is 22.1 Å². The molecule has 3 rings (SSSR count). The number of anilines is 1. The van der Waals surface area contributed by atoms with Crippen LogP contribution in [0.3, 0.4) is 0 Å². The summed E-state index contributed by atoms with van der Waals surface area (Å²) in [4.78, 5) is 1.10. The van der Waals surface area contributed by atoms with Crippen LogP contribution >= 0.6 is 23.4 Å². The Kier molecular flexibility index (Phi) is 4.08. The minimum Gasteiger partial charge on any atom is -0.493 e. The van der Waals surface area contributed by atoms with E-state index in [0.717, 1.165) is 35.1 Å². The third kappa shape index (κ3) is 2.89. The van der Waals surface area contributed by atoms with E-state index in [2.05, 4.69) is 12.1 Å².